The second-order valence-electron chi connectivity index (χ2n) is 7.70. The van der Waals surface area contributed by atoms with Crippen LogP contribution in [0.4, 0.5) is 28.0 Å². The Hall–Kier alpha value is -3.50. The molecule has 0 bridgehead atoms. The third kappa shape index (κ3) is 4.53. The number of fused-ring (bicyclic) bond motifs is 1. The number of ketones is 1. The Morgan fingerprint density at radius 2 is 1.82 bits per heavy atom. The van der Waals surface area contributed by atoms with E-state index in [9.17, 15) is 27.2 Å². The summed E-state index contributed by atoms with van der Waals surface area (Å²) in [7, 11) is 2.16. The summed E-state index contributed by atoms with van der Waals surface area (Å²) in [5.41, 5.74) is -1.06. The number of anilines is 1. The van der Waals surface area contributed by atoms with Gasteiger partial charge in [-0.05, 0) is 31.0 Å². The molecule has 1 unspecified atom stereocenters. The number of alkyl halides is 3. The molecule has 1 heterocycles. The lowest BCUT2D eigenvalue weighted by atomic mass is 9.93. The standard InChI is InChI=1S/C22H20F4N2O5/c1-31-19-13(22(24,25)26)8-17-18(20(19)32-2)15(29)9-16(33-17)12-6-3-10(23)7-14(12)28-21(30)27-11-4-5-11/h3,6-8,11,16H,4-5,9H2,1-2H3,(H2,27,28,30). The van der Waals surface area contributed by atoms with Crippen molar-refractivity contribution in [2.24, 2.45) is 0 Å². The van der Waals surface area contributed by atoms with Crippen LogP contribution in [0, 0.1) is 5.82 Å². The summed E-state index contributed by atoms with van der Waals surface area (Å²) in [6, 6.07) is 3.65. The number of halogens is 4. The maximum Gasteiger partial charge on any atom is 0.420 e. The molecule has 1 fully saturated rings. The lowest BCUT2D eigenvalue weighted by Crippen LogP contribution is -2.31. The maximum absolute atomic E-state index is 13.9. The van der Waals surface area contributed by atoms with Gasteiger partial charge >= 0.3 is 12.2 Å². The number of amides is 2. The summed E-state index contributed by atoms with van der Waals surface area (Å²) in [6.45, 7) is 0. The van der Waals surface area contributed by atoms with Gasteiger partial charge in [0.05, 0.1) is 26.3 Å². The second-order valence-corrected chi connectivity index (χ2v) is 7.70. The minimum atomic E-state index is -4.81. The Morgan fingerprint density at radius 3 is 2.42 bits per heavy atom. The highest BCUT2D eigenvalue weighted by atomic mass is 19.4. The van der Waals surface area contributed by atoms with E-state index in [0.29, 0.717) is 6.07 Å². The molecule has 1 aliphatic carbocycles. The van der Waals surface area contributed by atoms with Gasteiger partial charge in [0, 0.05) is 11.6 Å². The van der Waals surface area contributed by atoms with Crippen LogP contribution in [0.1, 0.15) is 46.9 Å². The van der Waals surface area contributed by atoms with E-state index in [1.54, 1.807) is 0 Å². The van der Waals surface area contributed by atoms with Gasteiger partial charge in [0.15, 0.2) is 17.3 Å². The molecule has 1 aliphatic heterocycles. The summed E-state index contributed by atoms with van der Waals surface area (Å²) in [6.07, 6.45) is -4.47. The van der Waals surface area contributed by atoms with E-state index in [1.165, 1.54) is 6.07 Å². The average molecular weight is 468 g/mol. The Balaban J connectivity index is 1.73. The Labute approximate surface area is 186 Å². The molecule has 1 saturated carbocycles. The van der Waals surface area contributed by atoms with Gasteiger partial charge in [0.25, 0.3) is 0 Å². The summed E-state index contributed by atoms with van der Waals surface area (Å²) in [5, 5.41) is 5.22. The monoisotopic (exact) mass is 468 g/mol. The molecule has 2 amide bonds. The van der Waals surface area contributed by atoms with Crippen molar-refractivity contribution in [1.29, 1.82) is 0 Å². The highest BCUT2D eigenvalue weighted by Crippen LogP contribution is 2.50. The number of ether oxygens (including phenoxy) is 3. The van der Waals surface area contributed by atoms with Gasteiger partial charge in [0.1, 0.15) is 28.8 Å². The van der Waals surface area contributed by atoms with Gasteiger partial charge in [-0.3, -0.25) is 4.79 Å². The van der Waals surface area contributed by atoms with Gasteiger partial charge in [-0.15, -0.1) is 0 Å². The van der Waals surface area contributed by atoms with Gasteiger partial charge < -0.3 is 24.8 Å². The zero-order valence-corrected chi connectivity index (χ0v) is 17.6. The molecule has 7 nitrogen and oxygen atoms in total. The number of urea groups is 1. The number of rotatable bonds is 5. The fourth-order valence-electron chi connectivity index (χ4n) is 3.71. The van der Waals surface area contributed by atoms with E-state index >= 15 is 0 Å². The van der Waals surface area contributed by atoms with Crippen LogP contribution < -0.4 is 24.8 Å². The highest BCUT2D eigenvalue weighted by Gasteiger charge is 2.42. The van der Waals surface area contributed by atoms with E-state index in [0.717, 1.165) is 39.2 Å². The van der Waals surface area contributed by atoms with Crippen molar-refractivity contribution in [3.8, 4) is 17.2 Å². The molecule has 2 N–H and O–H groups in total. The minimum Gasteiger partial charge on any atom is -0.492 e. The fraction of sp³-hybridized carbons (Fsp3) is 0.364. The van der Waals surface area contributed by atoms with Gasteiger partial charge in [0.2, 0.25) is 0 Å². The van der Waals surface area contributed by atoms with Crippen molar-refractivity contribution in [2.75, 3.05) is 19.5 Å². The molecule has 0 radical (unpaired) electrons. The van der Waals surface area contributed by atoms with Crippen LogP contribution in [0.5, 0.6) is 17.2 Å². The molecule has 0 spiro atoms. The molecular formula is C22H20F4N2O5. The summed E-state index contributed by atoms with van der Waals surface area (Å²) < 4.78 is 70.5. The van der Waals surface area contributed by atoms with Crippen molar-refractivity contribution in [2.45, 2.75) is 37.6 Å². The number of hydrogen-bond acceptors (Lipinski definition) is 5. The van der Waals surface area contributed by atoms with E-state index < -0.39 is 41.2 Å². The van der Waals surface area contributed by atoms with Crippen molar-refractivity contribution < 1.29 is 41.4 Å². The number of nitrogens with one attached hydrogen (secondary N) is 2. The normalized spacial score (nSPS) is 17.6. The third-order valence-corrected chi connectivity index (χ3v) is 5.36. The summed E-state index contributed by atoms with van der Waals surface area (Å²) in [4.78, 5) is 25.1. The molecular weight excluding hydrogens is 448 g/mol. The quantitative estimate of drug-likeness (QED) is 0.613. The van der Waals surface area contributed by atoms with Crippen LogP contribution in [0.15, 0.2) is 24.3 Å². The van der Waals surface area contributed by atoms with E-state index in [4.69, 9.17) is 14.2 Å². The van der Waals surface area contributed by atoms with Gasteiger partial charge in [-0.25, -0.2) is 9.18 Å². The predicted molar refractivity (Wildman–Crippen MR) is 108 cm³/mol. The van der Waals surface area contributed by atoms with Gasteiger partial charge in [-0.2, -0.15) is 13.2 Å². The Bertz CT molecular complexity index is 1110. The van der Waals surface area contributed by atoms with Crippen molar-refractivity contribution in [1.82, 2.24) is 5.32 Å². The van der Waals surface area contributed by atoms with Crippen LogP contribution in [-0.2, 0) is 6.18 Å². The summed E-state index contributed by atoms with van der Waals surface area (Å²) in [5.74, 6) is -2.55. The molecule has 4 rings (SSSR count). The molecule has 11 heteroatoms. The molecule has 0 aromatic heterocycles. The van der Waals surface area contributed by atoms with E-state index in [-0.39, 0.29) is 40.8 Å². The topological polar surface area (TPSA) is 85.9 Å². The van der Waals surface area contributed by atoms with Crippen molar-refractivity contribution >= 4 is 17.5 Å². The first-order valence-electron chi connectivity index (χ1n) is 10.0. The van der Waals surface area contributed by atoms with E-state index in [1.807, 2.05) is 0 Å². The number of Topliss-reactive ketones (excluding diaryl/α,β-unsaturated/α-hetero) is 1. The Morgan fingerprint density at radius 1 is 1.12 bits per heavy atom. The first-order chi connectivity index (χ1) is 15.6. The SMILES string of the molecule is COc1c(C(F)(F)F)cc2c(c1OC)C(=O)CC(c1ccc(F)cc1NC(=O)NC1CC1)O2. The average Bonchev–Trinajstić information content (AvgIpc) is 3.55. The van der Waals surface area contributed by atoms with E-state index in [2.05, 4.69) is 10.6 Å². The molecule has 1 atom stereocenters. The number of methoxy groups -OCH3 is 2. The lowest BCUT2D eigenvalue weighted by molar-refractivity contribution is -0.139. The van der Waals surface area contributed by atoms with Crippen molar-refractivity contribution in [3.63, 3.8) is 0 Å². The molecule has 33 heavy (non-hydrogen) atoms. The summed E-state index contributed by atoms with van der Waals surface area (Å²) >= 11 is 0. The minimum absolute atomic E-state index is 0.0460. The van der Waals surface area contributed by atoms with Crippen LogP contribution in [0.25, 0.3) is 0 Å². The number of benzene rings is 2. The lowest BCUT2D eigenvalue weighted by Gasteiger charge is -2.29. The molecule has 2 aromatic rings. The van der Waals surface area contributed by atoms with Crippen LogP contribution in [0.2, 0.25) is 0 Å². The number of carbonyl (C=O) groups excluding carboxylic acids is 2. The molecule has 2 aromatic carbocycles. The predicted octanol–water partition coefficient (Wildman–Crippen LogP) is 4.85. The smallest absolute Gasteiger partial charge is 0.420 e. The molecule has 2 aliphatic rings. The molecule has 0 saturated heterocycles. The highest BCUT2D eigenvalue weighted by molar-refractivity contribution is 6.04. The van der Waals surface area contributed by atoms with Crippen molar-refractivity contribution in [3.05, 3.63) is 46.8 Å². The van der Waals surface area contributed by atoms with Gasteiger partial charge in [-0.1, -0.05) is 6.07 Å². The first-order valence-corrected chi connectivity index (χ1v) is 10.0. The first kappa shape index (κ1) is 22.7. The molecule has 176 valence electrons. The zero-order chi connectivity index (χ0) is 23.9. The number of carbonyl (C=O) groups is 2. The maximum atomic E-state index is 13.9. The Kier molecular flexibility index (Phi) is 5.81. The van der Waals surface area contributed by atoms with Crippen LogP contribution >= 0.6 is 0 Å². The second kappa shape index (κ2) is 8.45. The number of hydrogen-bond donors (Lipinski definition) is 2. The fourth-order valence-corrected chi connectivity index (χ4v) is 3.71. The third-order valence-electron chi connectivity index (χ3n) is 5.36. The largest absolute Gasteiger partial charge is 0.492 e. The zero-order valence-electron chi connectivity index (χ0n) is 17.6. The van der Waals surface area contributed by atoms with Crippen LogP contribution in [-0.4, -0.2) is 32.1 Å². The van der Waals surface area contributed by atoms with Crippen LogP contribution in [0.3, 0.4) is 0 Å².